The number of benzene rings is 5. The fourth-order valence-electron chi connectivity index (χ4n) is 7.14. The van der Waals surface area contributed by atoms with Crippen molar-refractivity contribution < 1.29 is 4.79 Å². The molecule has 0 aliphatic carbocycles. The summed E-state index contributed by atoms with van der Waals surface area (Å²) in [5.41, 5.74) is 6.99. The number of carbonyl (C=O) groups is 1. The van der Waals surface area contributed by atoms with Crippen molar-refractivity contribution in [2.75, 3.05) is 0 Å². The molecule has 5 aromatic carbocycles. The number of hydrogen-bond acceptors (Lipinski definition) is 6. The summed E-state index contributed by atoms with van der Waals surface area (Å²) in [6, 6.07) is 49.0. The highest BCUT2D eigenvalue weighted by atomic mass is 16.2. The quantitative estimate of drug-likeness (QED) is 0.127. The molecule has 1 amide bonds. The maximum Gasteiger partial charge on any atom is 0.297 e. The van der Waals surface area contributed by atoms with Crippen molar-refractivity contribution >= 4 is 33.5 Å². The summed E-state index contributed by atoms with van der Waals surface area (Å²) in [7, 11) is 0. The molecule has 0 spiro atoms. The Morgan fingerprint density at radius 2 is 1.25 bits per heavy atom. The highest BCUT2D eigenvalue weighted by molar-refractivity contribution is 6.03. The smallest absolute Gasteiger partial charge is 0.296 e. The Bertz CT molecular complexity index is 2540. The Labute approximate surface area is 305 Å². The number of fused-ring (bicyclic) bond motifs is 2. The number of hydrogen-bond donors (Lipinski definition) is 1. The number of azo groups is 1. The SMILES string of the molecule is O=C(c1nc2cc3c(-c4ccncc4)[nH]n(C(c4ccccc4)(c4ccccc4)c4ccccc4)c3cc2n1)N1C=CC=C[C@@H]1N=Nc1ccccc1. The maximum atomic E-state index is 14.1. The Morgan fingerprint density at radius 1 is 0.679 bits per heavy atom. The molecule has 1 N–H and O–H groups in total. The Morgan fingerprint density at radius 3 is 1.85 bits per heavy atom. The normalized spacial score (nSPS) is 14.4. The first kappa shape index (κ1) is 31.7. The van der Waals surface area contributed by atoms with Crippen LogP contribution in [0.2, 0.25) is 0 Å². The number of nitrogens with zero attached hydrogens (tertiary/aromatic N) is 7. The third kappa shape index (κ3) is 5.61. The average molecular weight is 689 g/mol. The van der Waals surface area contributed by atoms with Gasteiger partial charge in [0.2, 0.25) is 5.82 Å². The highest BCUT2D eigenvalue weighted by Gasteiger charge is 2.40. The van der Waals surface area contributed by atoms with Crippen molar-refractivity contribution in [2.45, 2.75) is 11.7 Å². The molecule has 254 valence electrons. The van der Waals surface area contributed by atoms with Crippen LogP contribution in [0, 0.1) is 0 Å². The fourth-order valence-corrected chi connectivity index (χ4v) is 7.14. The topological polar surface area (TPSA) is 104 Å². The molecule has 9 rings (SSSR count). The van der Waals surface area contributed by atoms with Gasteiger partial charge in [0.1, 0.15) is 5.54 Å². The molecular formula is C44H32N8O. The Hall–Kier alpha value is -7.26. The van der Waals surface area contributed by atoms with E-state index < -0.39 is 11.7 Å². The van der Waals surface area contributed by atoms with Gasteiger partial charge < -0.3 is 0 Å². The lowest BCUT2D eigenvalue weighted by molar-refractivity contribution is 0.0781. The first-order valence-electron chi connectivity index (χ1n) is 17.3. The standard InChI is InChI=1S/C44H32N8O/c53-43(51-28-14-13-23-40(51)49-48-35-21-11-4-12-22-35)42-46-37-29-36-39(30-38(37)47-42)52(50-41(36)31-24-26-45-27-25-31)44(32-15-5-1-6-16-32,33-17-7-2-8-18-33)34-19-9-3-10-20-34/h1-30,40,50H/t40-/m1/s1. The van der Waals surface area contributed by atoms with Crippen LogP contribution in [0.4, 0.5) is 5.69 Å². The number of amides is 1. The van der Waals surface area contributed by atoms with Crippen molar-refractivity contribution in [3.63, 3.8) is 0 Å². The second-order valence-corrected chi connectivity index (χ2v) is 12.7. The third-order valence-electron chi connectivity index (χ3n) is 9.56. The van der Waals surface area contributed by atoms with Crippen LogP contribution in [0.15, 0.2) is 193 Å². The van der Waals surface area contributed by atoms with Crippen LogP contribution in [0.1, 0.15) is 27.3 Å². The summed E-state index contributed by atoms with van der Waals surface area (Å²) in [4.78, 5) is 29.5. The van der Waals surface area contributed by atoms with Crippen LogP contribution < -0.4 is 0 Å². The van der Waals surface area contributed by atoms with Crippen LogP contribution >= 0.6 is 0 Å². The number of pyridine rings is 1. The van der Waals surface area contributed by atoms with E-state index in [1.54, 1.807) is 24.7 Å². The van der Waals surface area contributed by atoms with E-state index in [0.29, 0.717) is 16.7 Å². The van der Waals surface area contributed by atoms with Crippen molar-refractivity contribution in [1.29, 1.82) is 0 Å². The Kier molecular flexibility index (Phi) is 8.05. The molecule has 53 heavy (non-hydrogen) atoms. The molecule has 0 bridgehead atoms. The number of allylic oxidation sites excluding steroid dienone is 2. The zero-order valence-corrected chi connectivity index (χ0v) is 28.4. The van der Waals surface area contributed by atoms with Crippen LogP contribution in [0.5, 0.6) is 0 Å². The van der Waals surface area contributed by atoms with E-state index in [2.05, 4.69) is 97.8 Å². The van der Waals surface area contributed by atoms with Gasteiger partial charge in [-0.25, -0.2) is 9.97 Å². The van der Waals surface area contributed by atoms with Crippen molar-refractivity contribution in [3.8, 4) is 11.3 Å². The number of H-pyrrole nitrogens is 1. The summed E-state index contributed by atoms with van der Waals surface area (Å²) >= 11 is 0. The first-order chi connectivity index (χ1) is 26.2. The number of imidazole rings is 1. The number of aromatic amines is 1. The molecule has 1 atom stereocenters. The highest BCUT2D eigenvalue weighted by Crippen LogP contribution is 2.44. The molecule has 1 aliphatic heterocycles. The average Bonchev–Trinajstić information content (AvgIpc) is 3.83. The number of aromatic nitrogens is 5. The molecule has 9 nitrogen and oxygen atoms in total. The van der Waals surface area contributed by atoms with Gasteiger partial charge in [0.25, 0.3) is 5.91 Å². The van der Waals surface area contributed by atoms with Gasteiger partial charge in [0.05, 0.1) is 27.9 Å². The van der Waals surface area contributed by atoms with Gasteiger partial charge in [0.15, 0.2) is 6.17 Å². The predicted molar refractivity (Wildman–Crippen MR) is 206 cm³/mol. The van der Waals surface area contributed by atoms with Crippen LogP contribution in [0.3, 0.4) is 0 Å². The second kappa shape index (κ2) is 13.5. The first-order valence-corrected chi connectivity index (χ1v) is 17.3. The van der Waals surface area contributed by atoms with E-state index in [4.69, 9.17) is 9.97 Å². The number of carbonyl (C=O) groups excluding carboxylic acids is 1. The molecule has 3 aromatic heterocycles. The third-order valence-corrected chi connectivity index (χ3v) is 9.56. The zero-order chi connectivity index (χ0) is 35.6. The monoisotopic (exact) mass is 688 g/mol. The zero-order valence-electron chi connectivity index (χ0n) is 28.4. The summed E-state index contributed by atoms with van der Waals surface area (Å²) in [6.07, 6.45) is 10.1. The van der Waals surface area contributed by atoms with Crippen LogP contribution in [0.25, 0.3) is 33.2 Å². The lowest BCUT2D eigenvalue weighted by Gasteiger charge is -2.37. The number of nitrogens with one attached hydrogen (secondary N) is 1. The van der Waals surface area contributed by atoms with Gasteiger partial charge in [-0.1, -0.05) is 115 Å². The molecule has 0 unspecified atom stereocenters. The minimum Gasteiger partial charge on any atom is -0.296 e. The predicted octanol–water partition coefficient (Wildman–Crippen LogP) is 9.45. The van der Waals surface area contributed by atoms with Gasteiger partial charge >= 0.3 is 0 Å². The van der Waals surface area contributed by atoms with E-state index >= 15 is 0 Å². The van der Waals surface area contributed by atoms with Gasteiger partial charge in [-0.2, -0.15) is 10.2 Å². The molecule has 0 radical (unpaired) electrons. The van der Waals surface area contributed by atoms with Gasteiger partial charge in [-0.15, -0.1) is 0 Å². The summed E-state index contributed by atoms with van der Waals surface area (Å²) < 4.78 is 2.23. The molecular weight excluding hydrogens is 657 g/mol. The minimum absolute atomic E-state index is 0.0777. The summed E-state index contributed by atoms with van der Waals surface area (Å²) in [5.74, 6) is -0.298. The molecule has 8 aromatic rings. The lowest BCUT2D eigenvalue weighted by atomic mass is 9.77. The van der Waals surface area contributed by atoms with Crippen molar-refractivity contribution in [3.05, 3.63) is 205 Å². The van der Waals surface area contributed by atoms with E-state index in [1.807, 2.05) is 84.9 Å². The molecule has 4 heterocycles. The minimum atomic E-state index is -0.832. The molecule has 9 heteroatoms. The van der Waals surface area contributed by atoms with Gasteiger partial charge in [0, 0.05) is 29.5 Å². The largest absolute Gasteiger partial charge is 0.297 e. The van der Waals surface area contributed by atoms with E-state index in [-0.39, 0.29) is 11.7 Å². The Balaban J connectivity index is 1.25. The van der Waals surface area contributed by atoms with Crippen LogP contribution in [-0.4, -0.2) is 41.7 Å². The van der Waals surface area contributed by atoms with Crippen LogP contribution in [-0.2, 0) is 5.54 Å². The van der Waals surface area contributed by atoms with E-state index in [0.717, 1.165) is 38.9 Å². The number of rotatable bonds is 8. The van der Waals surface area contributed by atoms with Gasteiger partial charge in [-0.05, 0) is 65.2 Å². The van der Waals surface area contributed by atoms with E-state index in [1.165, 1.54) is 4.90 Å². The summed E-state index contributed by atoms with van der Waals surface area (Å²) in [6.45, 7) is 0. The molecule has 0 saturated carbocycles. The fraction of sp³-hybridized carbons (Fsp3) is 0.0455. The molecule has 0 fully saturated rings. The van der Waals surface area contributed by atoms with Gasteiger partial charge in [-0.3, -0.25) is 24.5 Å². The van der Waals surface area contributed by atoms with E-state index in [9.17, 15) is 4.79 Å². The summed E-state index contributed by atoms with van der Waals surface area (Å²) in [5, 5.41) is 13.6. The lowest BCUT2D eigenvalue weighted by Crippen LogP contribution is -2.38. The molecule has 1 aliphatic rings. The molecule has 0 saturated heterocycles. The van der Waals surface area contributed by atoms with Crippen molar-refractivity contribution in [1.82, 2.24) is 29.6 Å². The second-order valence-electron chi connectivity index (χ2n) is 12.7. The van der Waals surface area contributed by atoms with Crippen molar-refractivity contribution in [2.24, 2.45) is 10.2 Å². The maximum absolute atomic E-state index is 14.1.